The molecule has 0 aromatic heterocycles. The molecule has 7 heteroatoms. The van der Waals surface area contributed by atoms with Crippen molar-refractivity contribution >= 4 is 28.9 Å². The van der Waals surface area contributed by atoms with Crippen LogP contribution < -0.4 is 5.32 Å². The first-order valence-electron chi connectivity index (χ1n) is 5.65. The van der Waals surface area contributed by atoms with E-state index in [1.54, 1.807) is 4.90 Å². The summed E-state index contributed by atoms with van der Waals surface area (Å²) in [5, 5.41) is 2.57. The van der Waals surface area contributed by atoms with Gasteiger partial charge >= 0.3 is 6.03 Å². The number of carbonyl (C=O) groups excluding carboxylic acids is 3. The second-order valence-corrected chi connectivity index (χ2v) is 5.04. The lowest BCUT2D eigenvalue weighted by Crippen LogP contribution is -2.63. The molecule has 1 N–H and O–H groups in total. The van der Waals surface area contributed by atoms with Gasteiger partial charge in [0, 0.05) is 19.6 Å². The molecule has 94 valence electrons. The number of nitrogens with zero attached hydrogens (tertiary/aromatic N) is 2. The van der Waals surface area contributed by atoms with Gasteiger partial charge in [-0.2, -0.15) is 0 Å². The summed E-state index contributed by atoms with van der Waals surface area (Å²) in [5.74, 6) is 0.0933. The van der Waals surface area contributed by atoms with Gasteiger partial charge in [0.15, 0.2) is 0 Å². The van der Waals surface area contributed by atoms with Crippen LogP contribution in [0.5, 0.6) is 0 Å². The predicted octanol–water partition coefficient (Wildman–Crippen LogP) is 0.486. The lowest BCUT2D eigenvalue weighted by Gasteiger charge is -2.42. The molecule has 17 heavy (non-hydrogen) atoms. The van der Waals surface area contributed by atoms with Crippen LogP contribution in [0.25, 0.3) is 0 Å². The maximum atomic E-state index is 11.5. The monoisotopic (exact) mass is 257 g/mol. The number of nitrogens with one attached hydrogen (secondary N) is 1. The molecule has 0 radical (unpaired) electrons. The number of hydrogen-bond acceptors (Lipinski definition) is 4. The molecule has 2 saturated heterocycles. The first kappa shape index (κ1) is 12.2. The van der Waals surface area contributed by atoms with Crippen molar-refractivity contribution in [3.63, 3.8) is 0 Å². The van der Waals surface area contributed by atoms with E-state index < -0.39 is 0 Å². The third-order valence-corrected chi connectivity index (χ3v) is 3.66. The second-order valence-electron chi connectivity index (χ2n) is 4.11. The lowest BCUT2D eigenvalue weighted by atomic mass is 10.1. The van der Waals surface area contributed by atoms with Crippen LogP contribution in [0.3, 0.4) is 0 Å². The van der Waals surface area contributed by atoms with Crippen molar-refractivity contribution in [3.8, 4) is 0 Å². The summed E-state index contributed by atoms with van der Waals surface area (Å²) in [7, 11) is 0. The summed E-state index contributed by atoms with van der Waals surface area (Å²) in [5.41, 5.74) is 0. The maximum Gasteiger partial charge on any atom is 0.317 e. The van der Waals surface area contributed by atoms with E-state index in [4.69, 9.17) is 0 Å². The highest BCUT2D eigenvalue weighted by Gasteiger charge is 2.43. The third kappa shape index (κ3) is 2.38. The first-order chi connectivity index (χ1) is 8.13. The molecular formula is C10H15N3O3S. The van der Waals surface area contributed by atoms with Crippen molar-refractivity contribution in [1.82, 2.24) is 15.1 Å². The normalized spacial score (nSPS) is 20.8. The smallest absolute Gasteiger partial charge is 0.317 e. The van der Waals surface area contributed by atoms with E-state index in [2.05, 4.69) is 5.32 Å². The van der Waals surface area contributed by atoms with Crippen LogP contribution in [-0.2, 0) is 4.79 Å². The predicted molar refractivity (Wildman–Crippen MR) is 63.8 cm³/mol. The van der Waals surface area contributed by atoms with Crippen LogP contribution in [0.2, 0.25) is 0 Å². The van der Waals surface area contributed by atoms with Crippen LogP contribution in [0.1, 0.15) is 13.3 Å². The number of amides is 4. The summed E-state index contributed by atoms with van der Waals surface area (Å²) in [6.45, 7) is 3.54. The Morgan fingerprint density at radius 2 is 2.18 bits per heavy atom. The fourth-order valence-corrected chi connectivity index (χ4v) is 2.62. The average molecular weight is 257 g/mol. The Morgan fingerprint density at radius 3 is 2.71 bits per heavy atom. The molecule has 4 amide bonds. The molecule has 2 aliphatic rings. The molecule has 0 aromatic carbocycles. The minimum absolute atomic E-state index is 0.116. The van der Waals surface area contributed by atoms with Crippen molar-refractivity contribution in [2.45, 2.75) is 19.4 Å². The SMILES string of the molecule is CCCNC(=O)N1CC(N2C(=O)CSC2=O)C1. The van der Waals surface area contributed by atoms with Crippen LogP contribution in [-0.4, -0.2) is 58.4 Å². The summed E-state index contributed by atoms with van der Waals surface area (Å²) in [6.07, 6.45) is 0.892. The van der Waals surface area contributed by atoms with Gasteiger partial charge in [-0.15, -0.1) is 0 Å². The Morgan fingerprint density at radius 1 is 1.47 bits per heavy atom. The Bertz CT molecular complexity index is 339. The van der Waals surface area contributed by atoms with E-state index in [9.17, 15) is 14.4 Å². The van der Waals surface area contributed by atoms with Crippen molar-refractivity contribution in [2.24, 2.45) is 0 Å². The van der Waals surface area contributed by atoms with Gasteiger partial charge in [-0.3, -0.25) is 14.5 Å². The standard InChI is InChI=1S/C10H15N3O3S/c1-2-3-11-9(15)12-4-7(5-12)13-8(14)6-17-10(13)16/h7H,2-6H2,1H3,(H,11,15). The fraction of sp³-hybridized carbons (Fsp3) is 0.700. The molecule has 0 bridgehead atoms. The molecule has 2 rings (SSSR count). The molecule has 6 nitrogen and oxygen atoms in total. The summed E-state index contributed by atoms with van der Waals surface area (Å²) < 4.78 is 0. The topological polar surface area (TPSA) is 69.7 Å². The van der Waals surface area contributed by atoms with Crippen LogP contribution in [0, 0.1) is 0 Å². The number of thioether (sulfide) groups is 1. The maximum absolute atomic E-state index is 11.5. The molecule has 2 aliphatic heterocycles. The first-order valence-corrected chi connectivity index (χ1v) is 6.63. The quantitative estimate of drug-likeness (QED) is 0.798. The Labute approximate surface area is 104 Å². The Balaban J connectivity index is 1.80. The Kier molecular flexibility index (Phi) is 3.56. The zero-order valence-corrected chi connectivity index (χ0v) is 10.5. The average Bonchev–Trinajstić information content (AvgIpc) is 2.56. The highest BCUT2D eigenvalue weighted by molar-refractivity contribution is 8.14. The number of carbonyl (C=O) groups is 3. The second kappa shape index (κ2) is 4.95. The zero-order chi connectivity index (χ0) is 12.4. The molecule has 0 saturated carbocycles. The van der Waals surface area contributed by atoms with E-state index >= 15 is 0 Å². The molecule has 0 aromatic rings. The van der Waals surface area contributed by atoms with Gasteiger partial charge in [0.1, 0.15) is 0 Å². The van der Waals surface area contributed by atoms with E-state index in [0.29, 0.717) is 19.6 Å². The number of likely N-dealkylation sites (tertiary alicyclic amines) is 1. The minimum atomic E-state index is -0.186. The van der Waals surface area contributed by atoms with Crippen LogP contribution in [0.15, 0.2) is 0 Å². The molecule has 2 fully saturated rings. The molecule has 0 aliphatic carbocycles. The zero-order valence-electron chi connectivity index (χ0n) is 9.64. The molecule has 2 heterocycles. The van der Waals surface area contributed by atoms with Gasteiger partial charge < -0.3 is 10.2 Å². The van der Waals surface area contributed by atoms with Crippen molar-refractivity contribution in [1.29, 1.82) is 0 Å². The van der Waals surface area contributed by atoms with E-state index in [0.717, 1.165) is 18.2 Å². The lowest BCUT2D eigenvalue weighted by molar-refractivity contribution is -0.128. The summed E-state index contributed by atoms with van der Waals surface area (Å²) in [4.78, 5) is 37.3. The number of hydrogen-bond donors (Lipinski definition) is 1. The van der Waals surface area contributed by atoms with Gasteiger partial charge in [-0.25, -0.2) is 4.79 Å². The number of urea groups is 1. The van der Waals surface area contributed by atoms with Gasteiger partial charge in [0.05, 0.1) is 11.8 Å². The third-order valence-electron chi connectivity index (χ3n) is 2.83. The highest BCUT2D eigenvalue weighted by Crippen LogP contribution is 2.25. The fourth-order valence-electron chi connectivity index (χ4n) is 1.85. The molecule has 0 unspecified atom stereocenters. The molecular weight excluding hydrogens is 242 g/mol. The Hall–Kier alpha value is -1.24. The summed E-state index contributed by atoms with van der Waals surface area (Å²) >= 11 is 1.03. The van der Waals surface area contributed by atoms with Crippen molar-refractivity contribution in [2.75, 3.05) is 25.4 Å². The summed E-state index contributed by atoms with van der Waals surface area (Å²) in [6, 6.07) is -0.243. The highest BCUT2D eigenvalue weighted by atomic mass is 32.2. The number of imide groups is 1. The largest absolute Gasteiger partial charge is 0.338 e. The molecule has 0 spiro atoms. The van der Waals surface area contributed by atoms with Crippen molar-refractivity contribution < 1.29 is 14.4 Å². The van der Waals surface area contributed by atoms with Crippen LogP contribution >= 0.6 is 11.8 Å². The van der Waals surface area contributed by atoms with E-state index in [-0.39, 0.29) is 29.0 Å². The van der Waals surface area contributed by atoms with Crippen LogP contribution in [0.4, 0.5) is 9.59 Å². The van der Waals surface area contributed by atoms with Gasteiger partial charge in [-0.1, -0.05) is 18.7 Å². The number of rotatable bonds is 3. The van der Waals surface area contributed by atoms with Gasteiger partial charge in [0.2, 0.25) is 5.91 Å². The van der Waals surface area contributed by atoms with Gasteiger partial charge in [-0.05, 0) is 6.42 Å². The van der Waals surface area contributed by atoms with Gasteiger partial charge in [0.25, 0.3) is 5.24 Å². The van der Waals surface area contributed by atoms with Crippen molar-refractivity contribution in [3.05, 3.63) is 0 Å². The molecule has 0 atom stereocenters. The van der Waals surface area contributed by atoms with E-state index in [1.807, 2.05) is 6.92 Å². The minimum Gasteiger partial charge on any atom is -0.338 e. The van der Waals surface area contributed by atoms with E-state index in [1.165, 1.54) is 4.90 Å².